The van der Waals surface area contributed by atoms with Crippen LogP contribution in [0.5, 0.6) is 0 Å². The number of anilines is 2. The Kier molecular flexibility index (Phi) is 4.09. The summed E-state index contributed by atoms with van der Waals surface area (Å²) < 4.78 is 0. The first-order valence-corrected chi connectivity index (χ1v) is 4.78. The Balaban J connectivity index is 2.25. The zero-order valence-electron chi connectivity index (χ0n) is 8.09. The average Bonchev–Trinajstić information content (AvgIpc) is 2.15. The van der Waals surface area contributed by atoms with E-state index in [0.717, 1.165) is 12.4 Å². The van der Waals surface area contributed by atoms with E-state index >= 15 is 0 Å². The van der Waals surface area contributed by atoms with E-state index in [4.69, 9.17) is 5.73 Å². The van der Waals surface area contributed by atoms with Gasteiger partial charge < -0.3 is 11.1 Å². The van der Waals surface area contributed by atoms with E-state index in [-0.39, 0.29) is 0 Å². The molecular formula is C10H17N3. The Morgan fingerprint density at radius 3 is 2.85 bits per heavy atom. The predicted molar refractivity (Wildman–Crippen MR) is 56.7 cm³/mol. The van der Waals surface area contributed by atoms with Gasteiger partial charge in [0.05, 0.1) is 11.9 Å². The van der Waals surface area contributed by atoms with Crippen LogP contribution in [0.15, 0.2) is 18.3 Å². The van der Waals surface area contributed by atoms with E-state index in [1.807, 2.05) is 12.1 Å². The van der Waals surface area contributed by atoms with Crippen molar-refractivity contribution in [1.82, 2.24) is 4.98 Å². The second-order valence-electron chi connectivity index (χ2n) is 3.11. The molecule has 0 unspecified atom stereocenters. The van der Waals surface area contributed by atoms with Gasteiger partial charge in [-0.05, 0) is 18.6 Å². The Morgan fingerprint density at radius 1 is 1.38 bits per heavy atom. The molecule has 0 radical (unpaired) electrons. The molecule has 0 saturated heterocycles. The second-order valence-corrected chi connectivity index (χ2v) is 3.11. The highest BCUT2D eigenvalue weighted by Gasteiger charge is 1.91. The molecule has 3 nitrogen and oxygen atoms in total. The van der Waals surface area contributed by atoms with Gasteiger partial charge in [0.2, 0.25) is 0 Å². The number of nitrogens with two attached hydrogens (primary N) is 1. The monoisotopic (exact) mass is 179 g/mol. The molecule has 0 fully saturated rings. The molecule has 0 atom stereocenters. The number of rotatable bonds is 5. The van der Waals surface area contributed by atoms with Crippen LogP contribution in [0.2, 0.25) is 0 Å². The van der Waals surface area contributed by atoms with E-state index in [9.17, 15) is 0 Å². The molecule has 3 heteroatoms. The van der Waals surface area contributed by atoms with Gasteiger partial charge in [0, 0.05) is 6.54 Å². The molecule has 1 heterocycles. The lowest BCUT2D eigenvalue weighted by atomic mass is 10.2. The zero-order chi connectivity index (χ0) is 9.52. The molecule has 0 aliphatic carbocycles. The predicted octanol–water partition coefficient (Wildman–Crippen LogP) is 2.27. The highest BCUT2D eigenvalue weighted by molar-refractivity contribution is 5.43. The van der Waals surface area contributed by atoms with Crippen LogP contribution in [0.1, 0.15) is 26.2 Å². The van der Waals surface area contributed by atoms with Gasteiger partial charge in [0.1, 0.15) is 5.82 Å². The van der Waals surface area contributed by atoms with E-state index in [0.29, 0.717) is 5.69 Å². The van der Waals surface area contributed by atoms with Crippen molar-refractivity contribution >= 4 is 11.5 Å². The van der Waals surface area contributed by atoms with Crippen molar-refractivity contribution in [3.63, 3.8) is 0 Å². The number of pyridine rings is 1. The zero-order valence-corrected chi connectivity index (χ0v) is 8.09. The van der Waals surface area contributed by atoms with E-state index in [2.05, 4.69) is 17.2 Å². The molecule has 1 rings (SSSR count). The van der Waals surface area contributed by atoms with Crippen molar-refractivity contribution in [1.29, 1.82) is 0 Å². The van der Waals surface area contributed by atoms with Crippen LogP contribution < -0.4 is 11.1 Å². The minimum atomic E-state index is 0.708. The van der Waals surface area contributed by atoms with Crippen molar-refractivity contribution in [2.24, 2.45) is 0 Å². The molecular weight excluding hydrogens is 162 g/mol. The van der Waals surface area contributed by atoms with Crippen LogP contribution in [0.4, 0.5) is 11.5 Å². The maximum Gasteiger partial charge on any atom is 0.126 e. The lowest BCUT2D eigenvalue weighted by Crippen LogP contribution is -2.02. The molecule has 0 aliphatic heterocycles. The minimum absolute atomic E-state index is 0.708. The smallest absolute Gasteiger partial charge is 0.126 e. The first-order valence-electron chi connectivity index (χ1n) is 4.78. The van der Waals surface area contributed by atoms with Crippen molar-refractivity contribution in [2.75, 3.05) is 17.6 Å². The number of aromatic nitrogens is 1. The number of hydrogen-bond acceptors (Lipinski definition) is 3. The molecule has 0 amide bonds. The highest BCUT2D eigenvalue weighted by Crippen LogP contribution is 2.05. The molecule has 1 aromatic heterocycles. The molecule has 0 aromatic carbocycles. The normalized spacial score (nSPS) is 9.92. The number of nitrogen functional groups attached to an aromatic ring is 1. The molecule has 0 saturated carbocycles. The Labute approximate surface area is 79.4 Å². The maximum atomic E-state index is 5.51. The van der Waals surface area contributed by atoms with Crippen LogP contribution >= 0.6 is 0 Å². The fourth-order valence-electron chi connectivity index (χ4n) is 1.10. The van der Waals surface area contributed by atoms with Gasteiger partial charge in [0.15, 0.2) is 0 Å². The van der Waals surface area contributed by atoms with Crippen LogP contribution in [0, 0.1) is 0 Å². The van der Waals surface area contributed by atoms with Crippen molar-refractivity contribution in [3.8, 4) is 0 Å². The molecule has 0 spiro atoms. The summed E-state index contributed by atoms with van der Waals surface area (Å²) in [4.78, 5) is 4.14. The van der Waals surface area contributed by atoms with Gasteiger partial charge in [-0.3, -0.25) is 0 Å². The second kappa shape index (κ2) is 5.41. The largest absolute Gasteiger partial charge is 0.397 e. The van der Waals surface area contributed by atoms with Gasteiger partial charge in [-0.15, -0.1) is 0 Å². The van der Waals surface area contributed by atoms with E-state index in [1.165, 1.54) is 19.3 Å². The molecule has 0 bridgehead atoms. The lowest BCUT2D eigenvalue weighted by Gasteiger charge is -2.04. The average molecular weight is 179 g/mol. The number of nitrogens with one attached hydrogen (secondary N) is 1. The summed E-state index contributed by atoms with van der Waals surface area (Å²) in [6.45, 7) is 3.19. The number of nitrogens with zero attached hydrogens (tertiary/aromatic N) is 1. The molecule has 1 aromatic rings. The molecule has 0 aliphatic rings. The summed E-state index contributed by atoms with van der Waals surface area (Å²) in [7, 11) is 0. The first-order chi connectivity index (χ1) is 6.33. The van der Waals surface area contributed by atoms with Gasteiger partial charge in [-0.25, -0.2) is 4.98 Å². The quantitative estimate of drug-likeness (QED) is 0.682. The first kappa shape index (κ1) is 9.84. The molecule has 72 valence electrons. The third kappa shape index (κ3) is 3.78. The van der Waals surface area contributed by atoms with Gasteiger partial charge in [0.25, 0.3) is 0 Å². The summed E-state index contributed by atoms with van der Waals surface area (Å²) in [5, 5.41) is 3.24. The summed E-state index contributed by atoms with van der Waals surface area (Å²) in [6.07, 6.45) is 5.38. The van der Waals surface area contributed by atoms with Gasteiger partial charge in [-0.1, -0.05) is 19.8 Å². The molecule has 13 heavy (non-hydrogen) atoms. The summed E-state index contributed by atoms with van der Waals surface area (Å²) >= 11 is 0. The standard InChI is InChI=1S/C10H17N3/c1-2-3-4-7-12-10-6-5-9(11)8-13-10/h5-6,8H,2-4,7,11H2,1H3,(H,12,13). The Bertz CT molecular complexity index is 230. The molecule has 3 N–H and O–H groups in total. The highest BCUT2D eigenvalue weighted by atomic mass is 15.0. The van der Waals surface area contributed by atoms with Crippen molar-refractivity contribution < 1.29 is 0 Å². The summed E-state index contributed by atoms with van der Waals surface area (Å²) in [5.41, 5.74) is 6.22. The Morgan fingerprint density at radius 2 is 2.23 bits per heavy atom. The number of hydrogen-bond donors (Lipinski definition) is 2. The van der Waals surface area contributed by atoms with Crippen LogP contribution in [0.25, 0.3) is 0 Å². The van der Waals surface area contributed by atoms with Crippen LogP contribution in [-0.4, -0.2) is 11.5 Å². The summed E-state index contributed by atoms with van der Waals surface area (Å²) in [6, 6.07) is 3.76. The Hall–Kier alpha value is -1.25. The number of unbranched alkanes of at least 4 members (excludes halogenated alkanes) is 2. The maximum absolute atomic E-state index is 5.51. The van der Waals surface area contributed by atoms with E-state index in [1.54, 1.807) is 6.20 Å². The van der Waals surface area contributed by atoms with E-state index < -0.39 is 0 Å². The topological polar surface area (TPSA) is 50.9 Å². The van der Waals surface area contributed by atoms with Gasteiger partial charge in [-0.2, -0.15) is 0 Å². The van der Waals surface area contributed by atoms with Crippen LogP contribution in [0.3, 0.4) is 0 Å². The fraction of sp³-hybridized carbons (Fsp3) is 0.500. The van der Waals surface area contributed by atoms with Crippen molar-refractivity contribution in [3.05, 3.63) is 18.3 Å². The van der Waals surface area contributed by atoms with Crippen molar-refractivity contribution in [2.45, 2.75) is 26.2 Å². The van der Waals surface area contributed by atoms with Crippen LogP contribution in [-0.2, 0) is 0 Å². The SMILES string of the molecule is CCCCCNc1ccc(N)cn1. The lowest BCUT2D eigenvalue weighted by molar-refractivity contribution is 0.742. The summed E-state index contributed by atoms with van der Waals surface area (Å²) in [5.74, 6) is 0.908. The van der Waals surface area contributed by atoms with Gasteiger partial charge >= 0.3 is 0 Å². The minimum Gasteiger partial charge on any atom is -0.397 e. The fourth-order valence-corrected chi connectivity index (χ4v) is 1.10. The third-order valence-electron chi connectivity index (χ3n) is 1.87. The third-order valence-corrected chi connectivity index (χ3v) is 1.87.